The highest BCUT2D eigenvalue weighted by molar-refractivity contribution is 7.89. The van der Waals surface area contributed by atoms with E-state index in [1.165, 1.54) is 6.20 Å². The van der Waals surface area contributed by atoms with Crippen LogP contribution in [-0.4, -0.2) is 43.8 Å². The molecular formula is C13H19N3O4S. The number of pyridine rings is 1. The number of nitrogens with one attached hydrogen (secondary N) is 2. The monoisotopic (exact) mass is 313 g/mol. The average molecular weight is 313 g/mol. The van der Waals surface area contributed by atoms with E-state index in [2.05, 4.69) is 9.71 Å². The molecule has 0 aliphatic carbocycles. The van der Waals surface area contributed by atoms with Gasteiger partial charge in [-0.2, -0.15) is 0 Å². The van der Waals surface area contributed by atoms with E-state index < -0.39 is 15.5 Å². The minimum absolute atomic E-state index is 0.00794. The molecule has 116 valence electrons. The lowest BCUT2D eigenvalue weighted by atomic mass is 10.1. The Morgan fingerprint density at radius 2 is 2.00 bits per heavy atom. The summed E-state index contributed by atoms with van der Waals surface area (Å²) in [7, 11) is -3.88. The molecule has 0 aromatic carbocycles. The number of carbonyl (C=O) groups is 1. The predicted octanol–water partition coefficient (Wildman–Crippen LogP) is 0.0558. The van der Waals surface area contributed by atoms with Gasteiger partial charge in [-0.05, 0) is 19.3 Å². The summed E-state index contributed by atoms with van der Waals surface area (Å²) in [5, 5.41) is 0. The summed E-state index contributed by atoms with van der Waals surface area (Å²) in [5.41, 5.74) is -0.580. The normalized spacial score (nSPS) is 15.9. The Labute approximate surface area is 123 Å². The summed E-state index contributed by atoms with van der Waals surface area (Å²) in [4.78, 5) is 27.4. The molecule has 1 aliphatic heterocycles. The fraction of sp³-hybridized carbons (Fsp3) is 0.538. The maximum Gasteiger partial charge on any atom is 0.245 e. The van der Waals surface area contributed by atoms with E-state index in [1.807, 2.05) is 0 Å². The third-order valence-corrected chi connectivity index (χ3v) is 4.90. The van der Waals surface area contributed by atoms with Gasteiger partial charge in [-0.3, -0.25) is 9.59 Å². The van der Waals surface area contributed by atoms with Crippen molar-refractivity contribution in [3.05, 3.63) is 28.7 Å². The van der Waals surface area contributed by atoms with Crippen molar-refractivity contribution < 1.29 is 13.2 Å². The molecule has 1 aromatic heterocycles. The molecule has 21 heavy (non-hydrogen) atoms. The standard InChI is InChI=1S/C13H19N3O4S/c17-11-4-6-14-10-12(11)21(19,20)15-7-5-13(18)16-8-2-1-3-9-16/h4,6,10,15H,1-3,5,7-9H2,(H,14,17). The van der Waals surface area contributed by atoms with Gasteiger partial charge in [0.1, 0.15) is 4.90 Å². The first-order valence-corrected chi connectivity index (χ1v) is 8.43. The summed E-state index contributed by atoms with van der Waals surface area (Å²) < 4.78 is 26.2. The third-order valence-electron chi connectivity index (χ3n) is 3.42. The fourth-order valence-electron chi connectivity index (χ4n) is 2.28. The van der Waals surface area contributed by atoms with Gasteiger partial charge in [-0.1, -0.05) is 0 Å². The van der Waals surface area contributed by atoms with Crippen LogP contribution in [0.4, 0.5) is 0 Å². The van der Waals surface area contributed by atoms with Crippen molar-refractivity contribution in [3.8, 4) is 0 Å². The first kappa shape index (κ1) is 15.7. The van der Waals surface area contributed by atoms with Gasteiger partial charge in [0, 0.05) is 44.5 Å². The molecule has 1 fully saturated rings. The van der Waals surface area contributed by atoms with Crippen LogP contribution in [0.15, 0.2) is 28.2 Å². The van der Waals surface area contributed by atoms with Crippen LogP contribution < -0.4 is 10.2 Å². The van der Waals surface area contributed by atoms with E-state index >= 15 is 0 Å². The quantitative estimate of drug-likeness (QED) is 0.802. The van der Waals surface area contributed by atoms with Crippen molar-refractivity contribution in [1.29, 1.82) is 0 Å². The molecular weight excluding hydrogens is 294 g/mol. The summed E-state index contributed by atoms with van der Waals surface area (Å²) in [6, 6.07) is 1.15. The number of rotatable bonds is 5. The van der Waals surface area contributed by atoms with Crippen LogP contribution in [0.5, 0.6) is 0 Å². The van der Waals surface area contributed by atoms with E-state index in [9.17, 15) is 18.0 Å². The number of aromatic amines is 1. The number of hydrogen-bond donors (Lipinski definition) is 2. The van der Waals surface area contributed by atoms with Crippen molar-refractivity contribution in [1.82, 2.24) is 14.6 Å². The van der Waals surface area contributed by atoms with E-state index in [4.69, 9.17) is 0 Å². The lowest BCUT2D eigenvalue weighted by Crippen LogP contribution is -2.38. The number of piperidine rings is 1. The zero-order valence-corrected chi connectivity index (χ0v) is 12.5. The van der Waals surface area contributed by atoms with Crippen molar-refractivity contribution in [2.75, 3.05) is 19.6 Å². The lowest BCUT2D eigenvalue weighted by Gasteiger charge is -2.26. The molecule has 7 nitrogen and oxygen atoms in total. The molecule has 2 rings (SSSR count). The highest BCUT2D eigenvalue weighted by Crippen LogP contribution is 2.09. The smallest absolute Gasteiger partial charge is 0.245 e. The van der Waals surface area contributed by atoms with Crippen LogP contribution in [0.2, 0.25) is 0 Å². The Bertz CT molecular complexity index is 647. The summed E-state index contributed by atoms with van der Waals surface area (Å²) in [6.07, 6.45) is 5.73. The first-order chi connectivity index (χ1) is 10.0. The van der Waals surface area contributed by atoms with Crippen LogP contribution in [0, 0.1) is 0 Å². The number of likely N-dealkylation sites (tertiary alicyclic amines) is 1. The van der Waals surface area contributed by atoms with Crippen molar-refractivity contribution in [2.24, 2.45) is 0 Å². The predicted molar refractivity (Wildman–Crippen MR) is 77.3 cm³/mol. The maximum atomic E-state index is 12.0. The highest BCUT2D eigenvalue weighted by atomic mass is 32.2. The van der Waals surface area contributed by atoms with Crippen LogP contribution in [0.1, 0.15) is 25.7 Å². The first-order valence-electron chi connectivity index (χ1n) is 6.95. The summed E-state index contributed by atoms with van der Waals surface area (Å²) in [6.45, 7) is 1.47. The van der Waals surface area contributed by atoms with Gasteiger partial charge >= 0.3 is 0 Å². The Morgan fingerprint density at radius 3 is 2.67 bits per heavy atom. The SMILES string of the molecule is O=C(CCNS(=O)(=O)c1c[nH]ccc1=O)N1CCCCC1. The van der Waals surface area contributed by atoms with Gasteiger partial charge < -0.3 is 9.88 Å². The number of carbonyl (C=O) groups excluding carboxylic acids is 1. The molecule has 8 heteroatoms. The average Bonchev–Trinajstić information content (AvgIpc) is 2.48. The van der Waals surface area contributed by atoms with Crippen molar-refractivity contribution >= 4 is 15.9 Å². The van der Waals surface area contributed by atoms with Crippen LogP contribution in [-0.2, 0) is 14.8 Å². The molecule has 0 saturated carbocycles. The molecule has 0 unspecified atom stereocenters. The molecule has 1 amide bonds. The Kier molecular flexibility index (Phi) is 5.13. The van der Waals surface area contributed by atoms with Gasteiger partial charge in [0.15, 0.2) is 0 Å². The number of aromatic nitrogens is 1. The number of H-pyrrole nitrogens is 1. The number of amides is 1. The highest BCUT2D eigenvalue weighted by Gasteiger charge is 2.19. The van der Waals surface area contributed by atoms with Crippen LogP contribution >= 0.6 is 0 Å². The third kappa shape index (κ3) is 4.15. The maximum absolute atomic E-state index is 12.0. The van der Waals surface area contributed by atoms with E-state index in [0.29, 0.717) is 0 Å². The number of sulfonamides is 1. The second-order valence-corrected chi connectivity index (χ2v) is 6.70. The molecule has 0 radical (unpaired) electrons. The van der Waals surface area contributed by atoms with Gasteiger partial charge in [-0.15, -0.1) is 0 Å². The molecule has 2 heterocycles. The van der Waals surface area contributed by atoms with E-state index in [-0.39, 0.29) is 23.8 Å². The Balaban J connectivity index is 1.89. The molecule has 1 aromatic rings. The van der Waals surface area contributed by atoms with Crippen LogP contribution in [0.25, 0.3) is 0 Å². The molecule has 1 saturated heterocycles. The van der Waals surface area contributed by atoms with E-state index in [0.717, 1.165) is 44.6 Å². The molecule has 0 spiro atoms. The van der Waals surface area contributed by atoms with Gasteiger partial charge in [-0.25, -0.2) is 13.1 Å². The molecule has 2 N–H and O–H groups in total. The zero-order chi connectivity index (χ0) is 15.3. The second kappa shape index (κ2) is 6.86. The molecule has 0 atom stereocenters. The summed E-state index contributed by atoms with van der Waals surface area (Å²) >= 11 is 0. The van der Waals surface area contributed by atoms with Crippen molar-refractivity contribution in [3.63, 3.8) is 0 Å². The Hall–Kier alpha value is -1.67. The zero-order valence-electron chi connectivity index (χ0n) is 11.7. The van der Waals surface area contributed by atoms with Gasteiger partial charge in [0.25, 0.3) is 0 Å². The molecule has 0 bridgehead atoms. The minimum Gasteiger partial charge on any atom is -0.366 e. The summed E-state index contributed by atoms with van der Waals surface area (Å²) in [5.74, 6) is -0.0561. The topological polar surface area (TPSA) is 99.3 Å². The lowest BCUT2D eigenvalue weighted by molar-refractivity contribution is -0.131. The number of hydrogen-bond acceptors (Lipinski definition) is 4. The molecule has 1 aliphatic rings. The number of nitrogens with zero attached hydrogens (tertiary/aromatic N) is 1. The minimum atomic E-state index is -3.88. The Morgan fingerprint density at radius 1 is 1.29 bits per heavy atom. The largest absolute Gasteiger partial charge is 0.366 e. The van der Waals surface area contributed by atoms with Crippen molar-refractivity contribution in [2.45, 2.75) is 30.6 Å². The van der Waals surface area contributed by atoms with Gasteiger partial charge in [0.05, 0.1) is 0 Å². The van der Waals surface area contributed by atoms with E-state index in [1.54, 1.807) is 4.90 Å². The van der Waals surface area contributed by atoms with Gasteiger partial charge in [0.2, 0.25) is 21.4 Å². The van der Waals surface area contributed by atoms with Crippen LogP contribution in [0.3, 0.4) is 0 Å². The fourth-order valence-corrected chi connectivity index (χ4v) is 3.36. The second-order valence-electron chi connectivity index (χ2n) is 4.96.